The molecule has 3 fully saturated rings. The van der Waals surface area contributed by atoms with E-state index in [0.29, 0.717) is 32.1 Å². The summed E-state index contributed by atoms with van der Waals surface area (Å²) >= 11 is 0. The van der Waals surface area contributed by atoms with Crippen molar-refractivity contribution >= 4 is 11.8 Å². The van der Waals surface area contributed by atoms with Crippen molar-refractivity contribution < 1.29 is 29.6 Å². The van der Waals surface area contributed by atoms with Gasteiger partial charge in [0.2, 0.25) is 0 Å². The summed E-state index contributed by atoms with van der Waals surface area (Å²) in [5.74, 6) is -0.603. The van der Waals surface area contributed by atoms with Gasteiger partial charge in [-0.1, -0.05) is 19.9 Å². The number of hydrogen-bond acceptors (Lipinski definition) is 6. The van der Waals surface area contributed by atoms with E-state index in [1.165, 1.54) is 6.92 Å². The van der Waals surface area contributed by atoms with Gasteiger partial charge in [0.05, 0.1) is 18.1 Å². The van der Waals surface area contributed by atoms with E-state index < -0.39 is 23.1 Å². The Balaban J connectivity index is 1.73. The first-order valence-corrected chi connectivity index (χ1v) is 10.4. The lowest BCUT2D eigenvalue weighted by Crippen LogP contribution is -2.63. The number of esters is 1. The number of hydrogen-bond donors (Lipinski definition) is 3. The van der Waals surface area contributed by atoms with Gasteiger partial charge >= 0.3 is 5.97 Å². The molecule has 0 aromatic carbocycles. The van der Waals surface area contributed by atoms with Crippen LogP contribution >= 0.6 is 0 Å². The second-order valence-electron chi connectivity index (χ2n) is 10.1. The molecule has 6 heteroatoms. The number of rotatable bonds is 3. The molecule has 0 saturated heterocycles. The number of Topliss-reactive ketones (excluding diaryl/α,β-unsaturated/α-hetero) is 1. The quantitative estimate of drug-likeness (QED) is 0.499. The van der Waals surface area contributed by atoms with Gasteiger partial charge in [0, 0.05) is 24.7 Å². The molecular weight excluding hydrogens is 360 g/mol. The van der Waals surface area contributed by atoms with Crippen LogP contribution in [0.1, 0.15) is 59.3 Å². The molecule has 3 N–H and O–H groups in total. The van der Waals surface area contributed by atoms with E-state index in [1.54, 1.807) is 0 Å². The summed E-state index contributed by atoms with van der Waals surface area (Å²) < 4.78 is 5.15. The highest BCUT2D eigenvalue weighted by molar-refractivity contribution is 5.86. The smallest absolute Gasteiger partial charge is 0.302 e. The maximum Gasteiger partial charge on any atom is 0.302 e. The second kappa shape index (κ2) is 6.13. The molecule has 1 spiro atoms. The molecule has 0 heterocycles. The third kappa shape index (κ3) is 2.37. The Morgan fingerprint density at radius 1 is 1.29 bits per heavy atom. The fraction of sp³-hybridized carbons (Fsp3) is 0.818. The van der Waals surface area contributed by atoms with E-state index in [-0.39, 0.29) is 41.7 Å². The van der Waals surface area contributed by atoms with Gasteiger partial charge in [-0.25, -0.2) is 0 Å². The maximum atomic E-state index is 12.7. The van der Waals surface area contributed by atoms with Crippen LogP contribution < -0.4 is 0 Å². The first kappa shape index (κ1) is 20.0. The third-order valence-electron chi connectivity index (χ3n) is 8.99. The van der Waals surface area contributed by atoms with E-state index in [1.807, 2.05) is 13.0 Å². The number of ether oxygens (including phenoxy) is 1. The molecule has 0 aromatic rings. The van der Waals surface area contributed by atoms with Crippen LogP contribution in [0.4, 0.5) is 0 Å². The molecule has 0 aliphatic heterocycles. The Bertz CT molecular complexity index is 745. The molecule has 7 atom stereocenters. The van der Waals surface area contributed by atoms with Gasteiger partial charge in [-0.15, -0.1) is 0 Å². The lowest BCUT2D eigenvalue weighted by Gasteiger charge is -2.65. The van der Waals surface area contributed by atoms with Gasteiger partial charge in [-0.2, -0.15) is 0 Å². The Morgan fingerprint density at radius 3 is 2.64 bits per heavy atom. The van der Waals surface area contributed by atoms with Crippen molar-refractivity contribution in [2.24, 2.45) is 28.1 Å². The number of carbonyl (C=O) groups is 2. The van der Waals surface area contributed by atoms with Crippen molar-refractivity contribution in [3.63, 3.8) is 0 Å². The van der Waals surface area contributed by atoms with E-state index in [2.05, 4.69) is 6.92 Å². The summed E-state index contributed by atoms with van der Waals surface area (Å²) in [5, 5.41) is 32.4. The molecule has 7 unspecified atom stereocenters. The summed E-state index contributed by atoms with van der Waals surface area (Å²) in [6.07, 6.45) is 4.87. The van der Waals surface area contributed by atoms with Gasteiger partial charge in [0.15, 0.2) is 0 Å². The molecule has 0 aromatic heterocycles. The van der Waals surface area contributed by atoms with Crippen LogP contribution in [0.2, 0.25) is 0 Å². The zero-order valence-corrected chi connectivity index (χ0v) is 17.0. The van der Waals surface area contributed by atoms with Crippen molar-refractivity contribution in [2.75, 3.05) is 13.2 Å². The molecule has 156 valence electrons. The third-order valence-corrected chi connectivity index (χ3v) is 8.99. The summed E-state index contributed by atoms with van der Waals surface area (Å²) in [6, 6.07) is 0. The molecule has 0 radical (unpaired) electrons. The van der Waals surface area contributed by atoms with Crippen molar-refractivity contribution in [1.82, 2.24) is 0 Å². The highest BCUT2D eigenvalue weighted by atomic mass is 16.5. The van der Waals surface area contributed by atoms with Crippen LogP contribution in [0.5, 0.6) is 0 Å². The molecule has 4 aliphatic rings. The Hall–Kier alpha value is -1.24. The van der Waals surface area contributed by atoms with Crippen molar-refractivity contribution in [3.05, 3.63) is 11.6 Å². The van der Waals surface area contributed by atoms with Crippen molar-refractivity contribution in [1.29, 1.82) is 0 Å². The monoisotopic (exact) mass is 392 g/mol. The Morgan fingerprint density at radius 2 is 2.00 bits per heavy atom. The molecule has 6 nitrogen and oxygen atoms in total. The number of carbonyl (C=O) groups excluding carboxylic acids is 2. The molecule has 0 amide bonds. The van der Waals surface area contributed by atoms with Crippen LogP contribution in [0.15, 0.2) is 11.6 Å². The minimum atomic E-state index is -1.11. The zero-order chi connectivity index (χ0) is 20.5. The largest absolute Gasteiger partial charge is 0.463 e. The van der Waals surface area contributed by atoms with Crippen molar-refractivity contribution in [3.8, 4) is 0 Å². The first-order valence-electron chi connectivity index (χ1n) is 10.4. The molecule has 4 aliphatic carbocycles. The van der Waals surface area contributed by atoms with E-state index in [9.17, 15) is 24.9 Å². The number of aliphatic hydroxyl groups is 3. The summed E-state index contributed by atoms with van der Waals surface area (Å²) in [6.45, 7) is 5.17. The normalized spacial score (nSPS) is 49.9. The predicted octanol–water partition coefficient (Wildman–Crippen LogP) is 1.76. The van der Waals surface area contributed by atoms with Gasteiger partial charge < -0.3 is 20.1 Å². The highest BCUT2D eigenvalue weighted by Gasteiger charge is 2.69. The van der Waals surface area contributed by atoms with Crippen LogP contribution in [0.25, 0.3) is 0 Å². The minimum Gasteiger partial charge on any atom is -0.463 e. The van der Waals surface area contributed by atoms with Crippen LogP contribution in [-0.2, 0) is 14.3 Å². The summed E-state index contributed by atoms with van der Waals surface area (Å²) in [5.41, 5.74) is -1.46. The standard InChI is InChI=1S/C22H32O6/c1-13(24)28-12-22(27)7-6-21-10-14(22)8-15(21)16(25)9-17-19(2,11-23)18(26)4-5-20(17,21)3/h8,14,16-17,23,25,27H,4-7,9-12H2,1-3H3. The first-order chi connectivity index (χ1) is 13.0. The average Bonchev–Trinajstić information content (AvgIpc) is 3.02. The van der Waals surface area contributed by atoms with Crippen molar-refractivity contribution in [2.45, 2.75) is 71.0 Å². The van der Waals surface area contributed by atoms with Crippen LogP contribution in [-0.4, -0.2) is 52.0 Å². The van der Waals surface area contributed by atoms with Gasteiger partial charge in [-0.3, -0.25) is 9.59 Å². The van der Waals surface area contributed by atoms with Gasteiger partial charge in [0.25, 0.3) is 0 Å². The number of fused-ring (bicyclic) bond motifs is 2. The highest BCUT2D eigenvalue weighted by Crippen LogP contribution is 2.73. The fourth-order valence-corrected chi connectivity index (χ4v) is 7.19. The molecule has 28 heavy (non-hydrogen) atoms. The minimum absolute atomic E-state index is 0.0318. The SMILES string of the molecule is CC(=O)OCC1(O)CCC23CC1C=C2C(O)CC1C(C)(CO)C(=O)CCC13C. The van der Waals surface area contributed by atoms with Gasteiger partial charge in [-0.05, 0) is 49.0 Å². The lowest BCUT2D eigenvalue weighted by atomic mass is 9.39. The summed E-state index contributed by atoms with van der Waals surface area (Å²) in [7, 11) is 0. The second-order valence-corrected chi connectivity index (χ2v) is 10.1. The molecule has 4 rings (SSSR count). The predicted molar refractivity (Wildman–Crippen MR) is 101 cm³/mol. The topological polar surface area (TPSA) is 104 Å². The van der Waals surface area contributed by atoms with E-state index >= 15 is 0 Å². The molecule has 2 bridgehead atoms. The molecular formula is C22H32O6. The number of aliphatic hydroxyl groups excluding tert-OH is 2. The average molecular weight is 392 g/mol. The lowest BCUT2D eigenvalue weighted by molar-refractivity contribution is -0.185. The summed E-state index contributed by atoms with van der Waals surface area (Å²) in [4.78, 5) is 24.0. The fourth-order valence-electron chi connectivity index (χ4n) is 7.19. The van der Waals surface area contributed by atoms with E-state index in [0.717, 1.165) is 12.0 Å². The maximum absolute atomic E-state index is 12.7. The Labute approximate surface area is 166 Å². The van der Waals surface area contributed by atoms with Crippen LogP contribution in [0.3, 0.4) is 0 Å². The van der Waals surface area contributed by atoms with E-state index in [4.69, 9.17) is 4.74 Å². The van der Waals surface area contributed by atoms with Gasteiger partial charge in [0.1, 0.15) is 18.0 Å². The van der Waals surface area contributed by atoms with Crippen LogP contribution in [0, 0.1) is 28.1 Å². The molecule has 3 saturated carbocycles. The zero-order valence-electron chi connectivity index (χ0n) is 17.0. The Kier molecular flexibility index (Phi) is 4.39. The number of ketones is 1.